The van der Waals surface area contributed by atoms with Crippen molar-refractivity contribution >= 4 is 19.8 Å². The Hall–Kier alpha value is -4.37. The number of ether oxygens (including phenoxy) is 2. The van der Waals surface area contributed by atoms with Gasteiger partial charge in [0.05, 0.1) is 13.2 Å². The van der Waals surface area contributed by atoms with E-state index in [0.29, 0.717) is 12.8 Å². The van der Waals surface area contributed by atoms with Crippen LogP contribution in [0.1, 0.15) is 206 Å². The molecule has 0 aliphatic heterocycles. The second-order valence-electron chi connectivity index (χ2n) is 18.4. The number of rotatable bonds is 52. The summed E-state index contributed by atoms with van der Waals surface area (Å²) in [6.07, 6.45) is 85.8. The molecular weight excluding hydrogens is 954 g/mol. The van der Waals surface area contributed by atoms with Crippen molar-refractivity contribution < 1.29 is 37.6 Å². The fourth-order valence-corrected chi connectivity index (χ4v) is 7.97. The van der Waals surface area contributed by atoms with Crippen molar-refractivity contribution in [2.24, 2.45) is 5.73 Å². The quantitative estimate of drug-likeness (QED) is 0.0264. The summed E-state index contributed by atoms with van der Waals surface area (Å²) in [4.78, 5) is 35.2. The standard InChI is InChI=1S/C65H104NO8P/c1-3-5-7-9-11-13-15-17-19-21-23-25-26-27-28-29-30-31-32-33-34-35-36-38-40-42-44-46-48-50-52-54-56-58-65(68)74-63(62-73-75(69,70)72-60-59-66)61-71-64(67)57-55-53-51-49-47-45-43-41-39-37-24-22-20-18-16-14-12-10-8-6-4-2/h5-8,11-14,17-20,23-25,27-28,30-31,33-34,37,41,43,47,49,63H,3-4,9-10,15-16,21-22,26,29,32,35-36,38-40,42,44-46,48,50-62,66H2,1-2H3,(H,69,70)/b7-5-,8-6-,13-11-,14-12-,19-17-,20-18-,25-23-,28-27-,31-30-,34-33-,37-24-,43-41-,49-47-. The molecule has 0 radical (unpaired) electrons. The zero-order valence-corrected chi connectivity index (χ0v) is 47.9. The zero-order valence-electron chi connectivity index (χ0n) is 47.0. The molecule has 10 heteroatoms. The highest BCUT2D eigenvalue weighted by atomic mass is 31.2. The predicted octanol–water partition coefficient (Wildman–Crippen LogP) is 18.5. The van der Waals surface area contributed by atoms with Crippen LogP contribution in [0.5, 0.6) is 0 Å². The van der Waals surface area contributed by atoms with E-state index in [0.717, 1.165) is 122 Å². The van der Waals surface area contributed by atoms with E-state index < -0.39 is 32.5 Å². The molecule has 9 nitrogen and oxygen atoms in total. The molecule has 0 aromatic rings. The lowest BCUT2D eigenvalue weighted by atomic mass is 10.0. The van der Waals surface area contributed by atoms with Crippen LogP contribution in [-0.2, 0) is 32.7 Å². The van der Waals surface area contributed by atoms with Crippen LogP contribution in [0.2, 0.25) is 0 Å². The molecule has 0 aromatic heterocycles. The average Bonchev–Trinajstić information content (AvgIpc) is 3.40. The summed E-state index contributed by atoms with van der Waals surface area (Å²) >= 11 is 0. The molecule has 0 amide bonds. The first-order valence-electron chi connectivity index (χ1n) is 29.0. The van der Waals surface area contributed by atoms with E-state index in [4.69, 9.17) is 24.3 Å². The molecule has 0 rings (SSSR count). The average molecular weight is 1060 g/mol. The Labute approximate surface area is 458 Å². The van der Waals surface area contributed by atoms with Crippen LogP contribution in [-0.4, -0.2) is 49.3 Å². The Morgan fingerprint density at radius 3 is 1.05 bits per heavy atom. The van der Waals surface area contributed by atoms with E-state index in [1.165, 1.54) is 44.9 Å². The third kappa shape index (κ3) is 58.7. The lowest BCUT2D eigenvalue weighted by molar-refractivity contribution is -0.161. The maximum Gasteiger partial charge on any atom is 0.472 e. The van der Waals surface area contributed by atoms with Gasteiger partial charge in [-0.2, -0.15) is 0 Å². The van der Waals surface area contributed by atoms with Gasteiger partial charge in [-0.05, 0) is 122 Å². The van der Waals surface area contributed by atoms with E-state index in [1.807, 2.05) is 0 Å². The number of unbranched alkanes of at least 4 members (excludes halogenated alkanes) is 13. The molecule has 0 aromatic carbocycles. The topological polar surface area (TPSA) is 134 Å². The summed E-state index contributed by atoms with van der Waals surface area (Å²) in [7, 11) is -4.41. The van der Waals surface area contributed by atoms with E-state index >= 15 is 0 Å². The van der Waals surface area contributed by atoms with Gasteiger partial charge in [0.25, 0.3) is 0 Å². The van der Waals surface area contributed by atoms with Gasteiger partial charge in [0.15, 0.2) is 6.10 Å². The van der Waals surface area contributed by atoms with Gasteiger partial charge in [-0.15, -0.1) is 0 Å². The number of carbonyl (C=O) groups excluding carboxylic acids is 2. The fraction of sp³-hybridized carbons (Fsp3) is 0.569. The lowest BCUT2D eigenvalue weighted by Gasteiger charge is -2.19. The Kier molecular flexibility index (Phi) is 55.5. The first-order valence-corrected chi connectivity index (χ1v) is 30.5. The maximum absolute atomic E-state index is 12.7. The molecule has 0 bridgehead atoms. The van der Waals surface area contributed by atoms with E-state index in [1.54, 1.807) is 0 Å². The van der Waals surface area contributed by atoms with Gasteiger partial charge in [0, 0.05) is 19.4 Å². The van der Waals surface area contributed by atoms with Crippen molar-refractivity contribution in [1.29, 1.82) is 0 Å². The molecule has 0 spiro atoms. The summed E-state index contributed by atoms with van der Waals surface area (Å²) < 4.78 is 33.0. The highest BCUT2D eigenvalue weighted by Crippen LogP contribution is 2.43. The molecule has 0 fully saturated rings. The van der Waals surface area contributed by atoms with Crippen molar-refractivity contribution in [3.8, 4) is 0 Å². The fourth-order valence-electron chi connectivity index (χ4n) is 7.21. The summed E-state index contributed by atoms with van der Waals surface area (Å²) in [6.45, 7) is 3.44. The number of phosphoric acid groups is 1. The van der Waals surface area contributed by atoms with Crippen LogP contribution in [0, 0.1) is 0 Å². The third-order valence-electron chi connectivity index (χ3n) is 11.4. The second kappa shape index (κ2) is 58.9. The van der Waals surface area contributed by atoms with Crippen molar-refractivity contribution in [3.63, 3.8) is 0 Å². The molecule has 2 atom stereocenters. The number of esters is 2. The number of nitrogens with two attached hydrogens (primary N) is 1. The Balaban J connectivity index is 4.08. The number of hydrogen-bond acceptors (Lipinski definition) is 8. The van der Waals surface area contributed by atoms with Gasteiger partial charge >= 0.3 is 19.8 Å². The molecule has 0 aliphatic rings. The molecular formula is C65H104NO8P. The molecule has 0 saturated heterocycles. The molecule has 3 N–H and O–H groups in total. The normalized spacial score (nSPS) is 14.2. The number of phosphoric ester groups is 1. The first-order chi connectivity index (χ1) is 36.8. The lowest BCUT2D eigenvalue weighted by Crippen LogP contribution is -2.29. The largest absolute Gasteiger partial charge is 0.472 e. The van der Waals surface area contributed by atoms with Gasteiger partial charge in [0.1, 0.15) is 6.61 Å². The minimum absolute atomic E-state index is 0.0380. The van der Waals surface area contributed by atoms with Crippen LogP contribution in [0.25, 0.3) is 0 Å². The molecule has 0 aliphatic carbocycles. The smallest absolute Gasteiger partial charge is 0.462 e. The van der Waals surface area contributed by atoms with Crippen molar-refractivity contribution in [2.75, 3.05) is 26.4 Å². The minimum atomic E-state index is -4.41. The Morgan fingerprint density at radius 2 is 0.693 bits per heavy atom. The van der Waals surface area contributed by atoms with Gasteiger partial charge in [-0.3, -0.25) is 18.6 Å². The van der Waals surface area contributed by atoms with Crippen LogP contribution in [0.15, 0.2) is 158 Å². The van der Waals surface area contributed by atoms with Crippen molar-refractivity contribution in [2.45, 2.75) is 213 Å². The number of hydrogen-bond donors (Lipinski definition) is 2. The van der Waals surface area contributed by atoms with Crippen LogP contribution in [0.4, 0.5) is 0 Å². The molecule has 0 heterocycles. The van der Waals surface area contributed by atoms with Crippen LogP contribution < -0.4 is 5.73 Å². The highest BCUT2D eigenvalue weighted by Gasteiger charge is 2.26. The first kappa shape index (κ1) is 70.6. The highest BCUT2D eigenvalue weighted by molar-refractivity contribution is 7.47. The second-order valence-corrected chi connectivity index (χ2v) is 19.8. The predicted molar refractivity (Wildman–Crippen MR) is 320 cm³/mol. The minimum Gasteiger partial charge on any atom is -0.462 e. The SMILES string of the molecule is CC/C=C\C/C=C\C/C=C\C/C=C\C/C=C\C/C=C\C/C=C\CCCCCCCCCCCCCC(=O)OC(COC(=O)CCCC/C=C\C/C=C\C/C=C\C/C=C\C/C=C\C/C=C\CC)COP(=O)(O)OCCN. The van der Waals surface area contributed by atoms with Crippen molar-refractivity contribution in [3.05, 3.63) is 158 Å². The molecule has 0 saturated carbocycles. The Bertz CT molecular complexity index is 1780. The van der Waals surface area contributed by atoms with Gasteiger partial charge in [0.2, 0.25) is 0 Å². The van der Waals surface area contributed by atoms with E-state index in [-0.39, 0.29) is 32.6 Å². The molecule has 75 heavy (non-hydrogen) atoms. The van der Waals surface area contributed by atoms with Crippen LogP contribution in [0.3, 0.4) is 0 Å². The van der Waals surface area contributed by atoms with E-state index in [9.17, 15) is 19.0 Å². The summed E-state index contributed by atoms with van der Waals surface area (Å²) in [6, 6.07) is 0. The summed E-state index contributed by atoms with van der Waals surface area (Å²) in [5, 5.41) is 0. The third-order valence-corrected chi connectivity index (χ3v) is 12.4. The monoisotopic (exact) mass is 1060 g/mol. The molecule has 2 unspecified atom stereocenters. The van der Waals surface area contributed by atoms with Gasteiger partial charge in [-0.25, -0.2) is 4.57 Å². The van der Waals surface area contributed by atoms with Crippen LogP contribution >= 0.6 is 7.82 Å². The number of carbonyl (C=O) groups is 2. The van der Waals surface area contributed by atoms with Gasteiger partial charge < -0.3 is 20.1 Å². The molecule has 422 valence electrons. The Morgan fingerprint density at radius 1 is 0.400 bits per heavy atom. The maximum atomic E-state index is 12.7. The van der Waals surface area contributed by atoms with Crippen molar-refractivity contribution in [1.82, 2.24) is 0 Å². The number of allylic oxidation sites excluding steroid dienone is 26. The summed E-state index contributed by atoms with van der Waals surface area (Å²) in [5.41, 5.74) is 5.38. The zero-order chi connectivity index (χ0) is 54.5. The van der Waals surface area contributed by atoms with Gasteiger partial charge in [-0.1, -0.05) is 230 Å². The van der Waals surface area contributed by atoms with E-state index in [2.05, 4.69) is 172 Å². The summed E-state index contributed by atoms with van der Waals surface area (Å²) in [5.74, 6) is -0.895.